The summed E-state index contributed by atoms with van der Waals surface area (Å²) in [4.78, 5) is 30.5. The molecule has 0 aromatic rings. The Morgan fingerprint density at radius 2 is 1.70 bits per heavy atom. The quantitative estimate of drug-likeness (QED) is 0.778. The van der Waals surface area contributed by atoms with Gasteiger partial charge in [-0.05, 0) is 60.0 Å². The zero-order valence-corrected chi connectivity index (χ0v) is 15.2. The second-order valence-electron chi connectivity index (χ2n) is 7.79. The number of nitrogens with zero attached hydrogens (tertiary/aromatic N) is 3. The second-order valence-corrected chi connectivity index (χ2v) is 7.79. The summed E-state index contributed by atoms with van der Waals surface area (Å²) in [5.41, 5.74) is -0.465. The van der Waals surface area contributed by atoms with Gasteiger partial charge in [-0.3, -0.25) is 9.69 Å². The lowest BCUT2D eigenvalue weighted by Gasteiger charge is -2.38. The minimum atomic E-state index is -0.465. The summed E-state index contributed by atoms with van der Waals surface area (Å²) in [7, 11) is 3.93. The van der Waals surface area contributed by atoms with Crippen molar-refractivity contribution in [2.75, 3.05) is 33.7 Å². The number of carbonyl (C=O) groups is 2. The van der Waals surface area contributed by atoms with E-state index in [0.717, 1.165) is 32.2 Å². The lowest BCUT2D eigenvalue weighted by Crippen LogP contribution is -2.51. The van der Waals surface area contributed by atoms with Gasteiger partial charge in [0, 0.05) is 26.2 Å². The fourth-order valence-electron chi connectivity index (χ4n) is 3.40. The van der Waals surface area contributed by atoms with Crippen LogP contribution in [0.5, 0.6) is 0 Å². The largest absolute Gasteiger partial charge is 0.444 e. The van der Waals surface area contributed by atoms with Crippen LogP contribution in [0.1, 0.15) is 46.5 Å². The van der Waals surface area contributed by atoms with Gasteiger partial charge in [-0.1, -0.05) is 0 Å². The topological polar surface area (TPSA) is 53.1 Å². The van der Waals surface area contributed by atoms with Gasteiger partial charge >= 0.3 is 6.09 Å². The number of hydrogen-bond acceptors (Lipinski definition) is 4. The van der Waals surface area contributed by atoms with Crippen molar-refractivity contribution in [3.63, 3.8) is 0 Å². The van der Waals surface area contributed by atoms with Gasteiger partial charge in [0.15, 0.2) is 0 Å². The molecule has 132 valence electrons. The number of ether oxygens (including phenoxy) is 1. The maximum absolute atomic E-state index is 12.6. The van der Waals surface area contributed by atoms with Crippen molar-refractivity contribution in [1.29, 1.82) is 0 Å². The van der Waals surface area contributed by atoms with Gasteiger partial charge in [-0.2, -0.15) is 0 Å². The Labute approximate surface area is 139 Å². The van der Waals surface area contributed by atoms with E-state index in [4.69, 9.17) is 4.74 Å². The molecule has 2 saturated heterocycles. The van der Waals surface area contributed by atoms with Crippen molar-refractivity contribution in [3.05, 3.63) is 0 Å². The zero-order valence-electron chi connectivity index (χ0n) is 15.2. The molecule has 6 nitrogen and oxygen atoms in total. The average Bonchev–Trinajstić information content (AvgIpc) is 2.90. The van der Waals surface area contributed by atoms with Crippen LogP contribution in [-0.2, 0) is 9.53 Å². The molecule has 0 spiro atoms. The minimum absolute atomic E-state index is 0.0314. The molecule has 2 amide bonds. The van der Waals surface area contributed by atoms with E-state index >= 15 is 0 Å². The lowest BCUT2D eigenvalue weighted by molar-refractivity contribution is -0.137. The third-order valence-corrected chi connectivity index (χ3v) is 4.82. The van der Waals surface area contributed by atoms with E-state index in [1.807, 2.05) is 39.8 Å². The van der Waals surface area contributed by atoms with Crippen LogP contribution in [0.15, 0.2) is 0 Å². The van der Waals surface area contributed by atoms with E-state index in [2.05, 4.69) is 4.90 Å². The smallest absolute Gasteiger partial charge is 0.410 e. The first-order chi connectivity index (χ1) is 10.7. The van der Waals surface area contributed by atoms with Crippen molar-refractivity contribution in [3.8, 4) is 0 Å². The van der Waals surface area contributed by atoms with Crippen LogP contribution in [0, 0.1) is 0 Å². The van der Waals surface area contributed by atoms with Crippen LogP contribution in [0.3, 0.4) is 0 Å². The number of carbonyl (C=O) groups excluding carboxylic acids is 2. The second kappa shape index (κ2) is 7.07. The first-order valence-corrected chi connectivity index (χ1v) is 8.64. The van der Waals surface area contributed by atoms with Crippen molar-refractivity contribution < 1.29 is 14.3 Å². The highest BCUT2D eigenvalue weighted by atomic mass is 16.6. The van der Waals surface area contributed by atoms with E-state index in [1.54, 1.807) is 4.90 Å². The highest BCUT2D eigenvalue weighted by Gasteiger charge is 2.35. The highest BCUT2D eigenvalue weighted by molar-refractivity contribution is 5.82. The molecular weight excluding hydrogens is 294 g/mol. The van der Waals surface area contributed by atoms with Crippen molar-refractivity contribution in [2.45, 2.75) is 64.1 Å². The van der Waals surface area contributed by atoms with E-state index in [9.17, 15) is 9.59 Å². The maximum Gasteiger partial charge on any atom is 0.410 e. The number of hydrogen-bond donors (Lipinski definition) is 0. The Balaban J connectivity index is 1.84. The van der Waals surface area contributed by atoms with Gasteiger partial charge in [0.25, 0.3) is 0 Å². The molecule has 0 aromatic carbocycles. The average molecular weight is 325 g/mol. The molecule has 2 aliphatic heterocycles. The third-order valence-electron chi connectivity index (χ3n) is 4.82. The van der Waals surface area contributed by atoms with E-state index in [-0.39, 0.29) is 24.1 Å². The molecule has 2 aliphatic rings. The SMILES string of the molecule is CN(C(=O)[C@@H]1CCCN1C)C1CCN(C(=O)OC(C)(C)C)CC1. The van der Waals surface area contributed by atoms with Gasteiger partial charge in [-0.15, -0.1) is 0 Å². The van der Waals surface area contributed by atoms with Crippen molar-refractivity contribution >= 4 is 12.0 Å². The summed E-state index contributed by atoms with van der Waals surface area (Å²) in [6.45, 7) is 7.93. The molecule has 23 heavy (non-hydrogen) atoms. The van der Waals surface area contributed by atoms with E-state index in [0.29, 0.717) is 13.1 Å². The summed E-state index contributed by atoms with van der Waals surface area (Å²) in [6.07, 6.45) is 3.44. The summed E-state index contributed by atoms with van der Waals surface area (Å²) < 4.78 is 5.42. The predicted molar refractivity (Wildman–Crippen MR) is 89.3 cm³/mol. The van der Waals surface area contributed by atoms with Crippen LogP contribution < -0.4 is 0 Å². The Bertz CT molecular complexity index is 439. The molecular formula is C17H31N3O3. The molecule has 0 unspecified atom stereocenters. The molecule has 0 aliphatic carbocycles. The van der Waals surface area contributed by atoms with Gasteiger partial charge in [0.1, 0.15) is 5.60 Å². The fourth-order valence-corrected chi connectivity index (χ4v) is 3.40. The van der Waals surface area contributed by atoms with Crippen molar-refractivity contribution in [2.24, 2.45) is 0 Å². The Morgan fingerprint density at radius 3 is 2.17 bits per heavy atom. The van der Waals surface area contributed by atoms with Crippen molar-refractivity contribution in [1.82, 2.24) is 14.7 Å². The number of rotatable bonds is 2. The van der Waals surface area contributed by atoms with Gasteiger partial charge in [-0.25, -0.2) is 4.79 Å². The predicted octanol–water partition coefficient (Wildman–Crippen LogP) is 1.94. The molecule has 0 bridgehead atoms. The number of amides is 2. The van der Waals surface area contributed by atoms with Crippen LogP contribution in [-0.4, -0.2) is 78.1 Å². The molecule has 2 fully saturated rings. The maximum atomic E-state index is 12.6. The molecule has 0 N–H and O–H groups in total. The van der Waals surface area contributed by atoms with Crippen LogP contribution in [0.2, 0.25) is 0 Å². The summed E-state index contributed by atoms with van der Waals surface area (Å²) in [5, 5.41) is 0. The molecule has 0 saturated carbocycles. The number of piperidine rings is 1. The monoisotopic (exact) mass is 325 g/mol. The molecule has 2 heterocycles. The molecule has 6 heteroatoms. The molecule has 2 rings (SSSR count). The Hall–Kier alpha value is -1.30. The number of likely N-dealkylation sites (N-methyl/N-ethyl adjacent to an activating group) is 2. The molecule has 1 atom stereocenters. The van der Waals surface area contributed by atoms with E-state index < -0.39 is 5.60 Å². The van der Waals surface area contributed by atoms with Crippen LogP contribution in [0.4, 0.5) is 4.79 Å². The molecule has 0 aromatic heterocycles. The zero-order chi connectivity index (χ0) is 17.2. The first kappa shape index (κ1) is 18.0. The normalized spacial score (nSPS) is 23.9. The third kappa shape index (κ3) is 4.59. The first-order valence-electron chi connectivity index (χ1n) is 8.64. The van der Waals surface area contributed by atoms with Crippen LogP contribution >= 0.6 is 0 Å². The standard InChI is InChI=1S/C17H31N3O3/c1-17(2,3)23-16(22)20-11-8-13(9-12-20)19(5)15(21)14-7-6-10-18(14)4/h13-14H,6-12H2,1-5H3/t14-/m0/s1. The number of likely N-dealkylation sites (tertiary alicyclic amines) is 2. The van der Waals surface area contributed by atoms with Gasteiger partial charge < -0.3 is 14.5 Å². The fraction of sp³-hybridized carbons (Fsp3) is 0.882. The molecule has 0 radical (unpaired) electrons. The Morgan fingerprint density at radius 1 is 1.09 bits per heavy atom. The van der Waals surface area contributed by atoms with Gasteiger partial charge in [0.2, 0.25) is 5.91 Å². The van der Waals surface area contributed by atoms with Gasteiger partial charge in [0.05, 0.1) is 6.04 Å². The van der Waals surface area contributed by atoms with Crippen LogP contribution in [0.25, 0.3) is 0 Å². The lowest BCUT2D eigenvalue weighted by atomic mass is 10.0. The summed E-state index contributed by atoms with van der Waals surface area (Å²) >= 11 is 0. The highest BCUT2D eigenvalue weighted by Crippen LogP contribution is 2.22. The minimum Gasteiger partial charge on any atom is -0.444 e. The summed E-state index contributed by atoms with van der Waals surface area (Å²) in [5.74, 6) is 0.223. The van der Waals surface area contributed by atoms with E-state index in [1.165, 1.54) is 0 Å². The Kier molecular flexibility index (Phi) is 5.55. The summed E-state index contributed by atoms with van der Waals surface area (Å²) in [6, 6.07) is 0.249.